The van der Waals surface area contributed by atoms with Crippen molar-refractivity contribution in [3.63, 3.8) is 0 Å². The summed E-state index contributed by atoms with van der Waals surface area (Å²) in [4.78, 5) is 19.2. The normalized spacial score (nSPS) is 15.4. The van der Waals surface area contributed by atoms with Crippen molar-refractivity contribution in [3.8, 4) is 5.75 Å². The minimum Gasteiger partial charge on any atom is -0.478 e. The molecule has 32 heavy (non-hydrogen) atoms. The van der Waals surface area contributed by atoms with E-state index in [0.29, 0.717) is 46.4 Å². The van der Waals surface area contributed by atoms with Crippen molar-refractivity contribution in [1.82, 2.24) is 9.88 Å². The number of nitrogens with zero attached hydrogens (tertiary/aromatic N) is 2. The van der Waals surface area contributed by atoms with Gasteiger partial charge in [-0.3, -0.25) is 4.90 Å². The van der Waals surface area contributed by atoms with Crippen LogP contribution in [0.5, 0.6) is 5.75 Å². The number of aromatic nitrogens is 1. The molecule has 0 bridgehead atoms. The molecule has 2 heterocycles. The van der Waals surface area contributed by atoms with Crippen LogP contribution in [0.15, 0.2) is 36.4 Å². The molecule has 0 unspecified atom stereocenters. The molecule has 5 nitrogen and oxygen atoms in total. The molecule has 0 fully saturated rings. The first-order valence-electron chi connectivity index (χ1n) is 10.4. The molecule has 0 saturated carbocycles. The van der Waals surface area contributed by atoms with E-state index in [9.17, 15) is 18.7 Å². The summed E-state index contributed by atoms with van der Waals surface area (Å²) < 4.78 is 30.1. The predicted molar refractivity (Wildman–Crippen MR) is 120 cm³/mol. The molecule has 0 radical (unpaired) electrons. The number of rotatable bonds is 5. The minimum absolute atomic E-state index is 0.179. The molecule has 0 amide bonds. The summed E-state index contributed by atoms with van der Waals surface area (Å²) in [7, 11) is 0. The number of halogens is 2. The number of aromatic carboxylic acids is 1. The number of ether oxygens (including phenoxy) is 1. The number of benzene rings is 2. The van der Waals surface area contributed by atoms with E-state index in [-0.39, 0.29) is 11.3 Å². The van der Waals surface area contributed by atoms with Crippen molar-refractivity contribution in [2.75, 3.05) is 13.1 Å². The fourth-order valence-electron chi connectivity index (χ4n) is 4.39. The summed E-state index contributed by atoms with van der Waals surface area (Å²) in [5.74, 6) is -0.795. The molecule has 4 rings (SSSR count). The number of alkyl halides is 2. The van der Waals surface area contributed by atoms with E-state index in [0.717, 1.165) is 17.7 Å². The highest BCUT2D eigenvalue weighted by Gasteiger charge is 2.28. The van der Waals surface area contributed by atoms with E-state index in [1.54, 1.807) is 32.0 Å². The van der Waals surface area contributed by atoms with Crippen LogP contribution in [0.2, 0.25) is 0 Å². The summed E-state index contributed by atoms with van der Waals surface area (Å²) in [6.07, 6.45) is 1.96. The van der Waals surface area contributed by atoms with Crippen LogP contribution in [-0.2, 0) is 6.54 Å². The molecule has 3 aromatic rings. The first-order valence-corrected chi connectivity index (χ1v) is 10.4. The van der Waals surface area contributed by atoms with Crippen LogP contribution in [0.4, 0.5) is 8.78 Å². The lowest BCUT2D eigenvalue weighted by atomic mass is 9.91. The van der Waals surface area contributed by atoms with Crippen LogP contribution in [0.3, 0.4) is 0 Å². The number of carboxylic acids is 1. The van der Waals surface area contributed by atoms with Crippen LogP contribution < -0.4 is 4.74 Å². The number of hydrogen-bond acceptors (Lipinski definition) is 4. The summed E-state index contributed by atoms with van der Waals surface area (Å²) in [6, 6.07) is 10.8. The van der Waals surface area contributed by atoms with Gasteiger partial charge in [0.2, 0.25) is 0 Å². The van der Waals surface area contributed by atoms with E-state index >= 15 is 0 Å². The second-order valence-corrected chi connectivity index (χ2v) is 7.97. The Labute approximate surface area is 185 Å². The van der Waals surface area contributed by atoms with Gasteiger partial charge in [0, 0.05) is 24.0 Å². The van der Waals surface area contributed by atoms with Crippen molar-refractivity contribution in [1.29, 1.82) is 0 Å². The molecule has 0 aliphatic carbocycles. The molecule has 0 spiro atoms. The van der Waals surface area contributed by atoms with Crippen LogP contribution in [0, 0.1) is 13.8 Å². The Morgan fingerprint density at radius 3 is 2.53 bits per heavy atom. The molecule has 1 aromatic heterocycles. The SMILES string of the molecule is CCN1C/C(=C/c2cc(C)c(OC(F)F)c(C)c2)c2nc3ccccc3c(C(=O)O)c2C1. The zero-order valence-corrected chi connectivity index (χ0v) is 18.2. The van der Waals surface area contributed by atoms with Crippen molar-refractivity contribution in [2.24, 2.45) is 0 Å². The van der Waals surface area contributed by atoms with Gasteiger partial charge in [-0.2, -0.15) is 8.78 Å². The summed E-state index contributed by atoms with van der Waals surface area (Å²) in [6.45, 7) is 4.47. The summed E-state index contributed by atoms with van der Waals surface area (Å²) in [5, 5.41) is 10.6. The molecule has 0 saturated heterocycles. The Bertz CT molecular complexity index is 1210. The standard InChI is InChI=1S/C25H24F2N2O3/c1-4-29-12-17(11-16-9-14(2)23(15(3)10-16)32-25(26)27)22-19(13-29)21(24(30)31)18-7-5-6-8-20(18)28-22/h5-11,25H,4,12-13H2,1-3H3,(H,30,31)/b17-11-. The van der Waals surface area contributed by atoms with E-state index in [1.807, 2.05) is 31.2 Å². The van der Waals surface area contributed by atoms with E-state index in [4.69, 9.17) is 4.98 Å². The molecule has 7 heteroatoms. The first-order chi connectivity index (χ1) is 15.3. The largest absolute Gasteiger partial charge is 0.478 e. The molecular weight excluding hydrogens is 414 g/mol. The highest BCUT2D eigenvalue weighted by Crippen LogP contribution is 2.35. The lowest BCUT2D eigenvalue weighted by molar-refractivity contribution is -0.0507. The maximum atomic E-state index is 12.7. The van der Waals surface area contributed by atoms with Crippen LogP contribution in [0.1, 0.15) is 45.2 Å². The second-order valence-electron chi connectivity index (χ2n) is 7.97. The van der Waals surface area contributed by atoms with Crippen LogP contribution in [0.25, 0.3) is 22.6 Å². The van der Waals surface area contributed by atoms with Crippen LogP contribution in [-0.4, -0.2) is 40.7 Å². The van der Waals surface area contributed by atoms with Gasteiger partial charge >= 0.3 is 12.6 Å². The first kappa shape index (κ1) is 21.9. The van der Waals surface area contributed by atoms with Crippen molar-refractivity contribution in [3.05, 3.63) is 69.9 Å². The van der Waals surface area contributed by atoms with Crippen LogP contribution >= 0.6 is 0 Å². The number of fused-ring (bicyclic) bond motifs is 2. The highest BCUT2D eigenvalue weighted by molar-refractivity contribution is 6.06. The van der Waals surface area contributed by atoms with Crippen molar-refractivity contribution in [2.45, 2.75) is 33.9 Å². The Hall–Kier alpha value is -3.32. The van der Waals surface area contributed by atoms with Gasteiger partial charge in [-0.1, -0.05) is 25.1 Å². The molecule has 2 aromatic carbocycles. The summed E-state index contributed by atoms with van der Waals surface area (Å²) in [5.41, 5.74) is 5.22. The van der Waals surface area contributed by atoms with Gasteiger partial charge in [-0.15, -0.1) is 0 Å². The molecule has 0 atom stereocenters. The fourth-order valence-corrected chi connectivity index (χ4v) is 4.39. The fraction of sp³-hybridized carbons (Fsp3) is 0.280. The zero-order valence-electron chi connectivity index (χ0n) is 18.2. The van der Waals surface area contributed by atoms with Crippen molar-refractivity contribution < 1.29 is 23.4 Å². The third-order valence-corrected chi connectivity index (χ3v) is 5.76. The zero-order chi connectivity index (χ0) is 23.0. The number of hydrogen-bond donors (Lipinski definition) is 1. The van der Waals surface area contributed by atoms with Gasteiger partial charge in [0.05, 0.1) is 16.8 Å². The maximum Gasteiger partial charge on any atom is 0.387 e. The Kier molecular flexibility index (Phi) is 5.93. The highest BCUT2D eigenvalue weighted by atomic mass is 19.3. The van der Waals surface area contributed by atoms with E-state index < -0.39 is 12.6 Å². The Morgan fingerprint density at radius 1 is 1.22 bits per heavy atom. The number of aryl methyl sites for hydroxylation is 2. The quantitative estimate of drug-likeness (QED) is 0.568. The average molecular weight is 438 g/mol. The minimum atomic E-state index is -2.88. The van der Waals surface area contributed by atoms with Gasteiger partial charge in [0.15, 0.2) is 0 Å². The monoisotopic (exact) mass is 438 g/mol. The maximum absolute atomic E-state index is 12.7. The van der Waals surface area contributed by atoms with Gasteiger partial charge in [-0.05, 0) is 66.9 Å². The van der Waals surface area contributed by atoms with Gasteiger partial charge in [0.1, 0.15) is 5.75 Å². The topological polar surface area (TPSA) is 62.7 Å². The predicted octanol–water partition coefficient (Wildman–Crippen LogP) is 5.53. The van der Waals surface area contributed by atoms with Gasteiger partial charge in [0.25, 0.3) is 0 Å². The van der Waals surface area contributed by atoms with Gasteiger partial charge in [-0.25, -0.2) is 9.78 Å². The molecule has 1 aliphatic rings. The van der Waals surface area contributed by atoms with Gasteiger partial charge < -0.3 is 9.84 Å². The molecular formula is C25H24F2N2O3. The second kappa shape index (κ2) is 8.67. The lowest BCUT2D eigenvalue weighted by Gasteiger charge is -2.30. The molecule has 1 N–H and O–H groups in total. The third-order valence-electron chi connectivity index (χ3n) is 5.76. The smallest absolute Gasteiger partial charge is 0.387 e. The number of pyridine rings is 1. The number of carbonyl (C=O) groups is 1. The average Bonchev–Trinajstić information content (AvgIpc) is 2.74. The Balaban J connectivity index is 1.90. The third kappa shape index (κ3) is 4.08. The van der Waals surface area contributed by atoms with E-state index in [2.05, 4.69) is 9.64 Å². The number of likely N-dealkylation sites (N-methyl/N-ethyl adjacent to an activating group) is 1. The van der Waals surface area contributed by atoms with E-state index in [1.165, 1.54) is 0 Å². The summed E-state index contributed by atoms with van der Waals surface area (Å²) >= 11 is 0. The number of para-hydroxylation sites is 1. The molecule has 1 aliphatic heterocycles. The Morgan fingerprint density at radius 2 is 1.91 bits per heavy atom. The lowest BCUT2D eigenvalue weighted by Crippen LogP contribution is -2.31. The molecule has 166 valence electrons. The van der Waals surface area contributed by atoms with Crippen molar-refractivity contribution >= 4 is 28.5 Å². The number of carboxylic acid groups (broad SMARTS) is 1.